The fraction of sp³-hybridized carbons (Fsp3) is 0.605. The lowest BCUT2D eigenvalue weighted by molar-refractivity contribution is -0.182. The van der Waals surface area contributed by atoms with Crippen molar-refractivity contribution < 1.29 is 50.6 Å². The van der Waals surface area contributed by atoms with Crippen molar-refractivity contribution in [3.63, 3.8) is 0 Å². The van der Waals surface area contributed by atoms with Gasteiger partial charge in [0.25, 0.3) is 5.91 Å². The molecule has 3 N–H and O–H groups in total. The minimum absolute atomic E-state index is 0.0828. The van der Waals surface area contributed by atoms with Crippen molar-refractivity contribution in [3.8, 4) is 5.75 Å². The summed E-state index contributed by atoms with van der Waals surface area (Å²) in [5.74, 6) is -2.82. The normalized spacial score (nSPS) is 30.4. The third-order valence-corrected chi connectivity index (χ3v) is 14.5. The monoisotopic (exact) mass is 789 g/mol. The van der Waals surface area contributed by atoms with Crippen molar-refractivity contribution in [3.05, 3.63) is 47.7 Å². The predicted octanol–water partition coefficient (Wildman–Crippen LogP) is 4.90. The number of ether oxygens (including phenoxy) is 1. The van der Waals surface area contributed by atoms with Gasteiger partial charge in [-0.2, -0.15) is 13.2 Å². The van der Waals surface area contributed by atoms with E-state index in [-0.39, 0.29) is 37.1 Å². The third kappa shape index (κ3) is 7.01. The molecule has 2 aliphatic carbocycles. The van der Waals surface area contributed by atoms with E-state index < -0.39 is 79.9 Å². The summed E-state index contributed by atoms with van der Waals surface area (Å²) in [5.41, 5.74) is -0.682. The van der Waals surface area contributed by atoms with Gasteiger partial charge in [0.05, 0.1) is 22.5 Å². The van der Waals surface area contributed by atoms with Gasteiger partial charge in [-0.3, -0.25) is 24.0 Å². The van der Waals surface area contributed by atoms with E-state index in [9.17, 15) is 45.9 Å². The topological polar surface area (TPSA) is 175 Å². The van der Waals surface area contributed by atoms with Crippen LogP contribution in [-0.4, -0.2) is 98.9 Å². The van der Waals surface area contributed by atoms with Crippen LogP contribution in [0.3, 0.4) is 0 Å². The minimum Gasteiger partial charge on any atom is -0.483 e. The van der Waals surface area contributed by atoms with Crippen molar-refractivity contribution in [1.82, 2.24) is 24.8 Å². The molecule has 1 aromatic heterocycles. The number of fused-ring (bicyclic) bond motifs is 5. The molecular weight excluding hydrogens is 744 g/mol. The first-order chi connectivity index (χ1) is 25.8. The Balaban J connectivity index is 1.28. The molecule has 55 heavy (non-hydrogen) atoms. The number of carbonyl (C=O) groups excluding carboxylic acids is 3. The Hall–Kier alpha value is -4.41. The number of halogens is 3. The quantitative estimate of drug-likeness (QED) is 0.356. The standard InChI is InChI=1S/C38H46F3N5O8S/c1-22-30-26(25-12-9-10-13-27(25)42-22)15-16-36(54-30)20-29-31(47)43-37(33(49)44-55(52,53)35(3)17-18-35)19-24(37)11-7-5-4-6-8-14-28(32(48)45(29)21-36)46(34(50)51)23(2)38(39,40)41/h7,9-13,23-24,28-29H,4-6,8,14-21H2,1-3H3,(H,43,47)(H,44,49)(H,50,51)/b11-7-/t23?,24-,28+,29+,36-,37-/m1/s1. The highest BCUT2D eigenvalue weighted by Gasteiger charge is 2.64. The van der Waals surface area contributed by atoms with Crippen molar-refractivity contribution in [2.75, 3.05) is 6.54 Å². The molecule has 1 saturated heterocycles. The maximum atomic E-state index is 14.7. The maximum Gasteiger partial charge on any atom is 0.408 e. The molecule has 6 atom stereocenters. The zero-order chi connectivity index (χ0) is 39.7. The fourth-order valence-corrected chi connectivity index (χ4v) is 9.79. The van der Waals surface area contributed by atoms with Gasteiger partial charge in [-0.1, -0.05) is 43.2 Å². The van der Waals surface area contributed by atoms with Gasteiger partial charge in [-0.05, 0) is 78.2 Å². The molecule has 13 nitrogen and oxygen atoms in total. The van der Waals surface area contributed by atoms with E-state index in [4.69, 9.17) is 9.72 Å². The van der Waals surface area contributed by atoms with Crippen LogP contribution in [0.15, 0.2) is 36.4 Å². The van der Waals surface area contributed by atoms with Gasteiger partial charge in [0.2, 0.25) is 21.8 Å². The summed E-state index contributed by atoms with van der Waals surface area (Å²) in [6.45, 7) is 3.73. The molecule has 0 radical (unpaired) electrons. The lowest BCUT2D eigenvalue weighted by atomic mass is 9.87. The van der Waals surface area contributed by atoms with E-state index in [0.29, 0.717) is 63.3 Å². The maximum absolute atomic E-state index is 14.7. The molecule has 2 aromatic rings. The van der Waals surface area contributed by atoms with Crippen molar-refractivity contribution in [2.24, 2.45) is 5.92 Å². The van der Waals surface area contributed by atoms with Crippen molar-refractivity contribution >= 4 is 44.7 Å². The van der Waals surface area contributed by atoms with Crippen LogP contribution in [-0.2, 0) is 30.8 Å². The first-order valence-corrected chi connectivity index (χ1v) is 20.3. The molecule has 4 amide bonds. The first kappa shape index (κ1) is 38.8. The largest absolute Gasteiger partial charge is 0.483 e. The number of hydrogen-bond donors (Lipinski definition) is 3. The number of carbonyl (C=O) groups is 4. The number of nitrogens with one attached hydrogen (secondary N) is 2. The van der Waals surface area contributed by atoms with Crippen LogP contribution < -0.4 is 14.8 Å². The number of aromatic nitrogens is 1. The minimum atomic E-state index is -4.99. The molecule has 17 heteroatoms. The molecule has 1 aromatic carbocycles. The summed E-state index contributed by atoms with van der Waals surface area (Å²) >= 11 is 0. The molecule has 4 heterocycles. The second-order valence-corrected chi connectivity index (χ2v) is 18.3. The second-order valence-electron chi connectivity index (χ2n) is 16.1. The van der Waals surface area contributed by atoms with E-state index in [1.165, 1.54) is 6.92 Å². The van der Waals surface area contributed by atoms with Gasteiger partial charge in [0, 0.05) is 23.3 Å². The van der Waals surface area contributed by atoms with Crippen molar-refractivity contribution in [2.45, 2.75) is 132 Å². The molecule has 1 spiro atoms. The van der Waals surface area contributed by atoms with Crippen LogP contribution in [0.5, 0.6) is 5.75 Å². The van der Waals surface area contributed by atoms with Gasteiger partial charge in [0.15, 0.2) is 0 Å². The van der Waals surface area contributed by atoms with Crippen LogP contribution in [0, 0.1) is 12.8 Å². The zero-order valence-corrected chi connectivity index (χ0v) is 31.8. The summed E-state index contributed by atoms with van der Waals surface area (Å²) in [6, 6.07) is 1.79. The number of amides is 4. The van der Waals surface area contributed by atoms with E-state index in [2.05, 4.69) is 10.0 Å². The van der Waals surface area contributed by atoms with Crippen molar-refractivity contribution in [1.29, 1.82) is 0 Å². The third-order valence-electron chi connectivity index (χ3n) is 12.3. The van der Waals surface area contributed by atoms with Gasteiger partial charge in [-0.15, -0.1) is 0 Å². The number of sulfonamides is 1. The first-order valence-electron chi connectivity index (χ1n) is 18.8. The highest BCUT2D eigenvalue weighted by molar-refractivity contribution is 7.91. The summed E-state index contributed by atoms with van der Waals surface area (Å²) in [6.07, 6.45) is -0.392. The number of aryl methyl sites for hydroxylation is 2. The number of benzene rings is 1. The molecule has 1 unspecified atom stereocenters. The Morgan fingerprint density at radius 2 is 1.85 bits per heavy atom. The highest BCUT2D eigenvalue weighted by atomic mass is 32.2. The average Bonchev–Trinajstić information content (AvgIpc) is 4.01. The van der Waals surface area contributed by atoms with Gasteiger partial charge in [-0.25, -0.2) is 18.2 Å². The number of nitrogens with zero attached hydrogens (tertiary/aromatic N) is 3. The summed E-state index contributed by atoms with van der Waals surface area (Å²) in [4.78, 5) is 61.7. The van der Waals surface area contributed by atoms with Crippen LogP contribution in [0.2, 0.25) is 0 Å². The van der Waals surface area contributed by atoms with E-state index in [1.54, 1.807) is 13.0 Å². The van der Waals surface area contributed by atoms with Crippen LogP contribution >= 0.6 is 0 Å². The molecular formula is C38H46F3N5O8S. The Labute approximate surface area is 317 Å². The number of carboxylic acid groups (broad SMARTS) is 1. The van der Waals surface area contributed by atoms with Gasteiger partial charge >= 0.3 is 12.3 Å². The molecule has 2 saturated carbocycles. The molecule has 5 aliphatic rings. The Kier molecular flexibility index (Phi) is 9.65. The Morgan fingerprint density at radius 1 is 1.13 bits per heavy atom. The lowest BCUT2D eigenvalue weighted by Crippen LogP contribution is -2.61. The number of para-hydroxylation sites is 1. The van der Waals surface area contributed by atoms with Crippen LogP contribution in [0.1, 0.15) is 89.3 Å². The Morgan fingerprint density at radius 3 is 2.55 bits per heavy atom. The number of hydrogen-bond acceptors (Lipinski definition) is 8. The molecule has 3 aliphatic heterocycles. The zero-order valence-electron chi connectivity index (χ0n) is 30.9. The number of allylic oxidation sites excluding steroid dienone is 1. The van der Waals surface area contributed by atoms with Gasteiger partial charge < -0.3 is 20.1 Å². The van der Waals surface area contributed by atoms with E-state index >= 15 is 0 Å². The average molecular weight is 790 g/mol. The number of pyridine rings is 1. The Bertz CT molecular complexity index is 2070. The van der Waals surface area contributed by atoms with E-state index in [1.807, 2.05) is 30.3 Å². The molecule has 3 fully saturated rings. The summed E-state index contributed by atoms with van der Waals surface area (Å²) in [7, 11) is -4.09. The second kappa shape index (κ2) is 13.7. The number of alkyl halides is 3. The molecule has 0 bridgehead atoms. The summed E-state index contributed by atoms with van der Waals surface area (Å²) < 4.78 is 76.7. The molecule has 298 valence electrons. The van der Waals surface area contributed by atoms with E-state index in [0.717, 1.165) is 21.4 Å². The van der Waals surface area contributed by atoms with Crippen LogP contribution in [0.4, 0.5) is 18.0 Å². The SMILES string of the molecule is Cc1nc2ccccc2c2c1O[C@]1(CC2)C[C@H]2C(=O)N[C@]3(C(=O)NS(=O)(=O)C4(C)CC4)C[C@H]3/C=C\CCCCC[C@H](N(C(=O)O)C(C)C(F)(F)F)C(=O)N2C1. The fourth-order valence-electron chi connectivity index (χ4n) is 8.47. The highest BCUT2D eigenvalue weighted by Crippen LogP contribution is 2.49. The summed E-state index contributed by atoms with van der Waals surface area (Å²) in [5, 5.41) is 13.8. The number of rotatable bonds is 5. The van der Waals surface area contributed by atoms with Crippen LogP contribution in [0.25, 0.3) is 10.9 Å². The smallest absolute Gasteiger partial charge is 0.408 e. The predicted molar refractivity (Wildman–Crippen MR) is 193 cm³/mol. The lowest BCUT2D eigenvalue weighted by Gasteiger charge is -2.38. The van der Waals surface area contributed by atoms with Gasteiger partial charge in [0.1, 0.15) is 35.0 Å². The molecule has 7 rings (SSSR count).